The van der Waals surface area contributed by atoms with Crippen molar-refractivity contribution in [3.8, 4) is 0 Å². The van der Waals surface area contributed by atoms with Crippen LogP contribution in [0.4, 0.5) is 11.4 Å². The number of fused-ring (bicyclic) bond motifs is 1. The molecule has 27 heavy (non-hydrogen) atoms. The molecule has 0 spiro atoms. The summed E-state index contributed by atoms with van der Waals surface area (Å²) in [7, 11) is 2.15. The number of aromatic amines is 1. The van der Waals surface area contributed by atoms with E-state index in [0.717, 1.165) is 38.3 Å². The highest BCUT2D eigenvalue weighted by atomic mass is 16.2. The highest BCUT2D eigenvalue weighted by Gasteiger charge is 2.13. The van der Waals surface area contributed by atoms with E-state index in [0.29, 0.717) is 11.2 Å². The standard InChI is InChI=1S/C20H23N5O2/c1-23-9-3-10-24(13-12-23)16-7-5-15(6-8-16)21-19(26)18-14-17-4-2-11-25(17)20(27)22-18/h2,4-8,11,14H,3,9-10,12-13H2,1H3,(H,21,26)(H,22,27). The number of aromatic nitrogens is 2. The van der Waals surface area contributed by atoms with E-state index in [9.17, 15) is 9.59 Å². The Morgan fingerprint density at radius 1 is 1.07 bits per heavy atom. The highest BCUT2D eigenvalue weighted by Crippen LogP contribution is 2.20. The minimum absolute atomic E-state index is 0.242. The Balaban J connectivity index is 1.47. The second kappa shape index (κ2) is 7.28. The average molecular weight is 365 g/mol. The Bertz CT molecular complexity index is 1010. The molecule has 7 heteroatoms. The van der Waals surface area contributed by atoms with Gasteiger partial charge in [-0.1, -0.05) is 0 Å². The molecule has 4 rings (SSSR count). The number of nitrogens with zero attached hydrogens (tertiary/aromatic N) is 3. The van der Waals surface area contributed by atoms with Crippen LogP contribution in [0.1, 0.15) is 16.9 Å². The fraction of sp³-hybridized carbons (Fsp3) is 0.300. The maximum atomic E-state index is 12.5. The Kier molecular flexibility index (Phi) is 4.68. The van der Waals surface area contributed by atoms with E-state index >= 15 is 0 Å². The summed E-state index contributed by atoms with van der Waals surface area (Å²) in [6.07, 6.45) is 2.81. The number of amides is 1. The summed E-state index contributed by atoms with van der Waals surface area (Å²) in [6.45, 7) is 4.21. The van der Waals surface area contributed by atoms with E-state index in [1.54, 1.807) is 24.4 Å². The van der Waals surface area contributed by atoms with Gasteiger partial charge in [-0.15, -0.1) is 0 Å². The number of benzene rings is 1. The summed E-state index contributed by atoms with van der Waals surface area (Å²) in [5.74, 6) is -0.333. The molecule has 3 heterocycles. The van der Waals surface area contributed by atoms with Gasteiger partial charge >= 0.3 is 5.69 Å². The Morgan fingerprint density at radius 2 is 1.89 bits per heavy atom. The van der Waals surface area contributed by atoms with Gasteiger partial charge in [-0.2, -0.15) is 0 Å². The maximum absolute atomic E-state index is 12.5. The summed E-state index contributed by atoms with van der Waals surface area (Å²) in [4.78, 5) is 31.8. The number of nitrogens with one attached hydrogen (secondary N) is 2. The van der Waals surface area contributed by atoms with Gasteiger partial charge in [-0.05, 0) is 62.5 Å². The number of carbonyl (C=O) groups is 1. The van der Waals surface area contributed by atoms with Crippen molar-refractivity contribution in [2.45, 2.75) is 6.42 Å². The second-order valence-electron chi connectivity index (χ2n) is 6.94. The molecule has 1 aromatic carbocycles. The maximum Gasteiger partial charge on any atom is 0.330 e. The third-order valence-corrected chi connectivity index (χ3v) is 4.99. The van der Waals surface area contributed by atoms with Gasteiger partial charge in [0.05, 0.1) is 5.52 Å². The average Bonchev–Trinajstić information content (AvgIpc) is 3.04. The first kappa shape index (κ1) is 17.4. The molecule has 3 aromatic rings. The first-order chi connectivity index (χ1) is 13.1. The van der Waals surface area contributed by atoms with Crippen LogP contribution in [0.2, 0.25) is 0 Å². The van der Waals surface area contributed by atoms with Crippen molar-refractivity contribution in [2.24, 2.45) is 0 Å². The van der Waals surface area contributed by atoms with E-state index in [4.69, 9.17) is 0 Å². The fourth-order valence-electron chi connectivity index (χ4n) is 3.44. The van der Waals surface area contributed by atoms with Crippen molar-refractivity contribution in [3.05, 3.63) is 64.8 Å². The lowest BCUT2D eigenvalue weighted by molar-refractivity contribution is 0.102. The van der Waals surface area contributed by atoms with E-state index in [1.807, 2.05) is 24.3 Å². The Morgan fingerprint density at radius 3 is 2.70 bits per heavy atom. The van der Waals surface area contributed by atoms with Gasteiger partial charge in [0.15, 0.2) is 0 Å². The smallest absolute Gasteiger partial charge is 0.330 e. The summed E-state index contributed by atoms with van der Waals surface area (Å²) in [5.41, 5.74) is 2.46. The first-order valence-corrected chi connectivity index (χ1v) is 9.15. The predicted octanol–water partition coefficient (Wildman–Crippen LogP) is 2.02. The van der Waals surface area contributed by atoms with Gasteiger partial charge < -0.3 is 20.1 Å². The molecule has 0 radical (unpaired) electrons. The van der Waals surface area contributed by atoms with Crippen LogP contribution in [0.5, 0.6) is 0 Å². The molecule has 140 valence electrons. The quantitative estimate of drug-likeness (QED) is 0.745. The Labute approximate surface area is 157 Å². The molecule has 1 amide bonds. The zero-order chi connectivity index (χ0) is 18.8. The highest BCUT2D eigenvalue weighted by molar-refractivity contribution is 6.03. The van der Waals surface area contributed by atoms with Crippen LogP contribution in [0.15, 0.2) is 53.5 Å². The monoisotopic (exact) mass is 365 g/mol. The van der Waals surface area contributed by atoms with E-state index in [1.165, 1.54) is 4.40 Å². The molecule has 1 aliphatic heterocycles. The molecule has 1 aliphatic rings. The van der Waals surface area contributed by atoms with Crippen molar-refractivity contribution in [1.29, 1.82) is 0 Å². The van der Waals surface area contributed by atoms with E-state index in [2.05, 4.69) is 27.1 Å². The van der Waals surface area contributed by atoms with Crippen LogP contribution in [-0.4, -0.2) is 53.4 Å². The largest absolute Gasteiger partial charge is 0.370 e. The van der Waals surface area contributed by atoms with Gasteiger partial charge in [-0.3, -0.25) is 9.20 Å². The van der Waals surface area contributed by atoms with Crippen molar-refractivity contribution in [2.75, 3.05) is 43.4 Å². The second-order valence-corrected chi connectivity index (χ2v) is 6.94. The number of anilines is 2. The summed E-state index contributed by atoms with van der Waals surface area (Å²) in [5, 5.41) is 2.85. The predicted molar refractivity (Wildman–Crippen MR) is 107 cm³/mol. The number of hydrogen-bond acceptors (Lipinski definition) is 4. The summed E-state index contributed by atoms with van der Waals surface area (Å²) >= 11 is 0. The Hall–Kier alpha value is -3.06. The number of hydrogen-bond donors (Lipinski definition) is 2. The molecule has 0 saturated carbocycles. The number of carbonyl (C=O) groups excluding carboxylic acids is 1. The fourth-order valence-corrected chi connectivity index (χ4v) is 3.44. The molecule has 7 nitrogen and oxygen atoms in total. The molecule has 1 fully saturated rings. The molecule has 0 unspecified atom stereocenters. The van der Waals surface area contributed by atoms with Crippen LogP contribution < -0.4 is 15.9 Å². The number of rotatable bonds is 3. The molecule has 2 N–H and O–H groups in total. The summed E-state index contributed by atoms with van der Waals surface area (Å²) < 4.78 is 1.46. The van der Waals surface area contributed by atoms with Crippen LogP contribution in [-0.2, 0) is 0 Å². The van der Waals surface area contributed by atoms with Crippen molar-refractivity contribution in [3.63, 3.8) is 0 Å². The topological polar surface area (TPSA) is 72.8 Å². The van der Waals surface area contributed by atoms with Gasteiger partial charge in [0.25, 0.3) is 5.91 Å². The van der Waals surface area contributed by atoms with Crippen LogP contribution >= 0.6 is 0 Å². The minimum atomic E-state index is -0.333. The molecule has 1 saturated heterocycles. The number of H-pyrrole nitrogens is 1. The molecule has 0 bridgehead atoms. The third-order valence-electron chi connectivity index (χ3n) is 4.99. The van der Waals surface area contributed by atoms with Crippen LogP contribution in [0.25, 0.3) is 5.52 Å². The van der Waals surface area contributed by atoms with Gasteiger partial charge in [0.1, 0.15) is 5.69 Å². The zero-order valence-corrected chi connectivity index (χ0v) is 15.3. The molecule has 2 aromatic heterocycles. The van der Waals surface area contributed by atoms with Gasteiger partial charge in [-0.25, -0.2) is 4.79 Å². The molecule has 0 aliphatic carbocycles. The number of likely N-dealkylation sites (N-methyl/N-ethyl adjacent to an activating group) is 1. The van der Waals surface area contributed by atoms with Gasteiger partial charge in [0, 0.05) is 37.2 Å². The van der Waals surface area contributed by atoms with Crippen molar-refractivity contribution < 1.29 is 4.79 Å². The van der Waals surface area contributed by atoms with Crippen LogP contribution in [0, 0.1) is 0 Å². The van der Waals surface area contributed by atoms with E-state index in [-0.39, 0.29) is 17.3 Å². The minimum Gasteiger partial charge on any atom is -0.370 e. The van der Waals surface area contributed by atoms with Crippen LogP contribution in [0.3, 0.4) is 0 Å². The van der Waals surface area contributed by atoms with Crippen molar-refractivity contribution >= 4 is 22.8 Å². The molecular weight excluding hydrogens is 342 g/mol. The molecule has 0 atom stereocenters. The molecular formula is C20H23N5O2. The SMILES string of the molecule is CN1CCCN(c2ccc(NC(=O)c3cc4cccn4c(=O)[nH]3)cc2)CC1. The lowest BCUT2D eigenvalue weighted by Crippen LogP contribution is -2.28. The normalized spacial score (nSPS) is 15.7. The summed E-state index contributed by atoms with van der Waals surface area (Å²) in [6, 6.07) is 13.1. The first-order valence-electron chi connectivity index (χ1n) is 9.15. The lowest BCUT2D eigenvalue weighted by Gasteiger charge is -2.23. The zero-order valence-electron chi connectivity index (χ0n) is 15.3. The lowest BCUT2D eigenvalue weighted by atomic mass is 10.2. The van der Waals surface area contributed by atoms with E-state index < -0.39 is 0 Å². The third kappa shape index (κ3) is 3.73. The van der Waals surface area contributed by atoms with Crippen molar-refractivity contribution in [1.82, 2.24) is 14.3 Å². The van der Waals surface area contributed by atoms with Gasteiger partial charge in [0.2, 0.25) is 0 Å².